The molecule has 1 saturated heterocycles. The summed E-state index contributed by atoms with van der Waals surface area (Å²) in [7, 11) is -4.16. The van der Waals surface area contributed by atoms with Crippen LogP contribution in [0, 0.1) is 17.6 Å². The number of rotatable bonds is 6. The SMILES string of the molecule is CC(c1ccco1)N(C(=O)C1CCN(S(=O)(=O)c2cc(F)ccc2F)CC1)C1CC1. The van der Waals surface area contributed by atoms with Crippen molar-refractivity contribution in [2.45, 2.75) is 49.6 Å². The third-order valence-electron chi connectivity index (χ3n) is 5.88. The number of nitrogens with zero attached hydrogens (tertiary/aromatic N) is 2. The molecular weight excluding hydrogens is 414 g/mol. The number of carbonyl (C=O) groups is 1. The predicted molar refractivity (Wildman–Crippen MR) is 105 cm³/mol. The minimum atomic E-state index is -4.16. The number of carbonyl (C=O) groups excluding carboxylic acids is 1. The summed E-state index contributed by atoms with van der Waals surface area (Å²) in [5, 5.41) is 0. The van der Waals surface area contributed by atoms with Crippen LogP contribution in [0.15, 0.2) is 45.9 Å². The van der Waals surface area contributed by atoms with Crippen LogP contribution in [-0.4, -0.2) is 42.7 Å². The monoisotopic (exact) mass is 438 g/mol. The first-order valence-corrected chi connectivity index (χ1v) is 11.5. The fourth-order valence-corrected chi connectivity index (χ4v) is 5.62. The molecule has 0 bridgehead atoms. The molecule has 0 spiro atoms. The summed E-state index contributed by atoms with van der Waals surface area (Å²) in [6.45, 7) is 2.10. The van der Waals surface area contributed by atoms with Gasteiger partial charge < -0.3 is 9.32 Å². The first-order chi connectivity index (χ1) is 14.3. The second-order valence-electron chi connectivity index (χ2n) is 7.92. The Bertz CT molecular complexity index is 1010. The van der Waals surface area contributed by atoms with E-state index in [-0.39, 0.29) is 37.0 Å². The van der Waals surface area contributed by atoms with E-state index in [9.17, 15) is 22.0 Å². The molecule has 0 radical (unpaired) electrons. The highest BCUT2D eigenvalue weighted by atomic mass is 32.2. The lowest BCUT2D eigenvalue weighted by Gasteiger charge is -2.36. The Morgan fingerprint density at radius 3 is 2.47 bits per heavy atom. The highest BCUT2D eigenvalue weighted by Gasteiger charge is 2.41. The molecule has 1 saturated carbocycles. The van der Waals surface area contributed by atoms with Gasteiger partial charge in [-0.25, -0.2) is 17.2 Å². The highest BCUT2D eigenvalue weighted by molar-refractivity contribution is 7.89. The third-order valence-corrected chi connectivity index (χ3v) is 7.79. The average Bonchev–Trinajstić information content (AvgIpc) is 3.40. The van der Waals surface area contributed by atoms with E-state index >= 15 is 0 Å². The zero-order chi connectivity index (χ0) is 21.5. The van der Waals surface area contributed by atoms with Crippen molar-refractivity contribution in [3.05, 3.63) is 54.0 Å². The largest absolute Gasteiger partial charge is 0.467 e. The van der Waals surface area contributed by atoms with Crippen LogP contribution in [0.5, 0.6) is 0 Å². The van der Waals surface area contributed by atoms with E-state index in [0.29, 0.717) is 18.9 Å². The molecule has 6 nitrogen and oxygen atoms in total. The van der Waals surface area contributed by atoms with Crippen LogP contribution < -0.4 is 0 Å². The smallest absolute Gasteiger partial charge is 0.246 e. The van der Waals surface area contributed by atoms with Crippen molar-refractivity contribution >= 4 is 15.9 Å². The lowest BCUT2D eigenvalue weighted by atomic mass is 9.95. The van der Waals surface area contributed by atoms with Crippen LogP contribution >= 0.6 is 0 Å². The van der Waals surface area contributed by atoms with Gasteiger partial charge >= 0.3 is 0 Å². The maximum atomic E-state index is 14.0. The molecule has 1 unspecified atom stereocenters. The van der Waals surface area contributed by atoms with Crippen molar-refractivity contribution < 1.29 is 26.4 Å². The number of hydrogen-bond donors (Lipinski definition) is 0. The maximum absolute atomic E-state index is 14.0. The Morgan fingerprint density at radius 1 is 1.17 bits per heavy atom. The van der Waals surface area contributed by atoms with Crippen LogP contribution in [0.2, 0.25) is 0 Å². The minimum Gasteiger partial charge on any atom is -0.467 e. The highest BCUT2D eigenvalue weighted by Crippen LogP contribution is 2.37. The molecule has 1 aliphatic carbocycles. The molecular formula is C21H24F2N2O4S. The number of amides is 1. The Kier molecular flexibility index (Phi) is 5.67. The van der Waals surface area contributed by atoms with Gasteiger partial charge in [-0.15, -0.1) is 0 Å². The Morgan fingerprint density at radius 2 is 1.87 bits per heavy atom. The third kappa shape index (κ3) is 4.00. The molecule has 1 aromatic heterocycles. The summed E-state index contributed by atoms with van der Waals surface area (Å²) < 4.78 is 59.6. The summed E-state index contributed by atoms with van der Waals surface area (Å²) in [4.78, 5) is 14.4. The van der Waals surface area contributed by atoms with Crippen LogP contribution in [0.4, 0.5) is 8.78 Å². The molecule has 1 aliphatic heterocycles. The van der Waals surface area contributed by atoms with Crippen LogP contribution in [0.25, 0.3) is 0 Å². The van der Waals surface area contributed by atoms with E-state index in [2.05, 4.69) is 0 Å². The van der Waals surface area contributed by atoms with Crippen LogP contribution in [0.3, 0.4) is 0 Å². The van der Waals surface area contributed by atoms with Gasteiger partial charge in [0.05, 0.1) is 12.3 Å². The van der Waals surface area contributed by atoms with E-state index in [1.165, 1.54) is 0 Å². The number of halogens is 2. The second-order valence-corrected chi connectivity index (χ2v) is 9.83. The Hall–Kier alpha value is -2.26. The number of furan rings is 1. The van der Waals surface area contributed by atoms with Crippen molar-refractivity contribution in [2.75, 3.05) is 13.1 Å². The first kappa shape index (κ1) is 21.0. The van der Waals surface area contributed by atoms with Gasteiger partial charge in [0.15, 0.2) is 0 Å². The fraction of sp³-hybridized carbons (Fsp3) is 0.476. The van der Waals surface area contributed by atoms with Gasteiger partial charge in [0.2, 0.25) is 15.9 Å². The molecule has 2 heterocycles. The lowest BCUT2D eigenvalue weighted by Crippen LogP contribution is -2.45. The summed E-state index contributed by atoms with van der Waals surface area (Å²) in [5.74, 6) is -1.40. The predicted octanol–water partition coefficient (Wildman–Crippen LogP) is 3.71. The van der Waals surface area contributed by atoms with Gasteiger partial charge in [-0.05, 0) is 62.9 Å². The molecule has 1 atom stereocenters. The first-order valence-electron chi connectivity index (χ1n) is 10.1. The van der Waals surface area contributed by atoms with Crippen molar-refractivity contribution in [2.24, 2.45) is 5.92 Å². The number of benzene rings is 1. The Labute approximate surface area is 174 Å². The number of piperidine rings is 1. The minimum absolute atomic E-state index is 0.00427. The number of sulfonamides is 1. The summed E-state index contributed by atoms with van der Waals surface area (Å²) in [6.07, 6.45) is 4.15. The standard InChI is InChI=1S/C21H24F2N2O4S/c1-14(19-3-2-12-29-19)25(17-5-6-17)21(26)15-8-10-24(11-9-15)30(27,28)20-13-16(22)4-7-18(20)23/h2-4,7,12-15,17H,5-6,8-11H2,1H3. The quantitative estimate of drug-likeness (QED) is 0.689. The molecule has 2 aliphatic rings. The van der Waals surface area contributed by atoms with Crippen LogP contribution in [0.1, 0.15) is 44.4 Å². The van der Waals surface area contributed by atoms with E-state index in [4.69, 9.17) is 4.42 Å². The van der Waals surface area contributed by atoms with Crippen molar-refractivity contribution in [1.29, 1.82) is 0 Å². The normalized spacial score (nSPS) is 19.6. The topological polar surface area (TPSA) is 70.8 Å². The molecule has 1 aromatic carbocycles. The molecule has 30 heavy (non-hydrogen) atoms. The Balaban J connectivity index is 1.46. The van der Waals surface area contributed by atoms with Crippen molar-refractivity contribution in [3.8, 4) is 0 Å². The molecule has 9 heteroatoms. The van der Waals surface area contributed by atoms with E-state index in [1.807, 2.05) is 17.9 Å². The molecule has 2 fully saturated rings. The van der Waals surface area contributed by atoms with Crippen molar-refractivity contribution in [1.82, 2.24) is 9.21 Å². The van der Waals surface area contributed by atoms with Gasteiger partial charge in [-0.2, -0.15) is 4.31 Å². The number of hydrogen-bond acceptors (Lipinski definition) is 4. The molecule has 4 rings (SSSR count). The fourth-order valence-electron chi connectivity index (χ4n) is 4.07. The van der Waals surface area contributed by atoms with Crippen LogP contribution in [-0.2, 0) is 14.8 Å². The van der Waals surface area contributed by atoms with Gasteiger partial charge in [0.1, 0.15) is 22.3 Å². The lowest BCUT2D eigenvalue weighted by molar-refractivity contribution is -0.140. The van der Waals surface area contributed by atoms with E-state index < -0.39 is 26.6 Å². The summed E-state index contributed by atoms with van der Waals surface area (Å²) in [6, 6.07) is 6.01. The van der Waals surface area contributed by atoms with E-state index in [1.54, 1.807) is 12.3 Å². The van der Waals surface area contributed by atoms with E-state index in [0.717, 1.165) is 35.0 Å². The molecule has 1 amide bonds. The summed E-state index contributed by atoms with van der Waals surface area (Å²) >= 11 is 0. The van der Waals surface area contributed by atoms with Gasteiger partial charge in [-0.1, -0.05) is 0 Å². The summed E-state index contributed by atoms with van der Waals surface area (Å²) in [5.41, 5.74) is 0. The average molecular weight is 438 g/mol. The molecule has 162 valence electrons. The van der Waals surface area contributed by atoms with Gasteiger partial charge in [0, 0.05) is 25.0 Å². The van der Waals surface area contributed by atoms with Gasteiger partial charge in [-0.3, -0.25) is 4.79 Å². The van der Waals surface area contributed by atoms with Gasteiger partial charge in [0.25, 0.3) is 0 Å². The van der Waals surface area contributed by atoms with Crippen molar-refractivity contribution in [3.63, 3.8) is 0 Å². The maximum Gasteiger partial charge on any atom is 0.246 e. The zero-order valence-corrected chi connectivity index (χ0v) is 17.4. The second kappa shape index (κ2) is 8.11. The molecule has 2 aromatic rings. The zero-order valence-electron chi connectivity index (χ0n) is 16.6. The molecule has 0 N–H and O–H groups in total.